The molecule has 2 fully saturated rings. The van der Waals surface area contributed by atoms with E-state index in [2.05, 4.69) is 17.1 Å². The van der Waals surface area contributed by atoms with E-state index in [9.17, 15) is 9.90 Å². The highest BCUT2D eigenvalue weighted by molar-refractivity contribution is 5.78. The summed E-state index contributed by atoms with van der Waals surface area (Å²) in [5, 5.41) is 13.1. The smallest absolute Gasteiger partial charge is 0.234 e. The fourth-order valence-corrected chi connectivity index (χ4v) is 3.18. The van der Waals surface area contributed by atoms with Crippen molar-refractivity contribution < 1.29 is 9.90 Å². The van der Waals surface area contributed by atoms with Crippen molar-refractivity contribution in [2.24, 2.45) is 5.92 Å². The SMILES string of the molecule is CC1CCCCC1NC(=O)CN1CCC(C)(O)CC1. The molecule has 1 saturated heterocycles. The summed E-state index contributed by atoms with van der Waals surface area (Å²) < 4.78 is 0. The average molecular weight is 268 g/mol. The lowest BCUT2D eigenvalue weighted by molar-refractivity contribution is -0.124. The summed E-state index contributed by atoms with van der Waals surface area (Å²) >= 11 is 0. The van der Waals surface area contributed by atoms with Crippen molar-refractivity contribution in [3.63, 3.8) is 0 Å². The molecule has 1 aliphatic carbocycles. The van der Waals surface area contributed by atoms with Crippen molar-refractivity contribution in [3.8, 4) is 0 Å². The van der Waals surface area contributed by atoms with E-state index in [4.69, 9.17) is 0 Å². The van der Waals surface area contributed by atoms with Gasteiger partial charge in [0, 0.05) is 19.1 Å². The molecule has 2 rings (SSSR count). The number of likely N-dealkylation sites (tertiary alicyclic amines) is 1. The van der Waals surface area contributed by atoms with Crippen molar-refractivity contribution in [2.75, 3.05) is 19.6 Å². The molecule has 0 aromatic rings. The molecule has 0 radical (unpaired) electrons. The number of aliphatic hydroxyl groups is 1. The summed E-state index contributed by atoms with van der Waals surface area (Å²) in [5.74, 6) is 0.764. The van der Waals surface area contributed by atoms with Crippen LogP contribution in [0.4, 0.5) is 0 Å². The normalized spacial score (nSPS) is 31.9. The van der Waals surface area contributed by atoms with Gasteiger partial charge in [0.15, 0.2) is 0 Å². The monoisotopic (exact) mass is 268 g/mol. The molecule has 2 atom stereocenters. The molecule has 1 aliphatic heterocycles. The Labute approximate surface area is 116 Å². The van der Waals surface area contributed by atoms with Gasteiger partial charge in [0.2, 0.25) is 5.91 Å². The maximum absolute atomic E-state index is 12.1. The van der Waals surface area contributed by atoms with E-state index in [1.807, 2.05) is 6.92 Å². The zero-order chi connectivity index (χ0) is 13.9. The van der Waals surface area contributed by atoms with Crippen molar-refractivity contribution in [1.29, 1.82) is 0 Å². The van der Waals surface area contributed by atoms with Gasteiger partial charge in [-0.2, -0.15) is 0 Å². The fourth-order valence-electron chi connectivity index (χ4n) is 3.18. The standard InChI is InChI=1S/C15H28N2O2/c1-12-5-3-4-6-13(12)16-14(18)11-17-9-7-15(2,19)8-10-17/h12-13,19H,3-11H2,1-2H3,(H,16,18). The molecule has 2 unspecified atom stereocenters. The van der Waals surface area contributed by atoms with Crippen LogP contribution in [0.25, 0.3) is 0 Å². The minimum atomic E-state index is -0.537. The number of rotatable bonds is 3. The number of piperidine rings is 1. The van der Waals surface area contributed by atoms with Crippen LogP contribution in [-0.4, -0.2) is 47.2 Å². The van der Waals surface area contributed by atoms with Gasteiger partial charge in [-0.15, -0.1) is 0 Å². The van der Waals surface area contributed by atoms with E-state index in [0.29, 0.717) is 18.5 Å². The molecule has 0 spiro atoms. The number of carbonyl (C=O) groups is 1. The number of nitrogens with zero attached hydrogens (tertiary/aromatic N) is 1. The van der Waals surface area contributed by atoms with Crippen LogP contribution in [0.1, 0.15) is 52.4 Å². The lowest BCUT2D eigenvalue weighted by Gasteiger charge is -2.36. The number of amides is 1. The van der Waals surface area contributed by atoms with E-state index in [1.54, 1.807) is 0 Å². The van der Waals surface area contributed by atoms with E-state index in [1.165, 1.54) is 19.3 Å². The van der Waals surface area contributed by atoms with E-state index >= 15 is 0 Å². The molecule has 2 N–H and O–H groups in total. The van der Waals surface area contributed by atoms with Gasteiger partial charge in [0.05, 0.1) is 12.1 Å². The zero-order valence-electron chi connectivity index (χ0n) is 12.3. The third-order valence-electron chi connectivity index (χ3n) is 4.76. The van der Waals surface area contributed by atoms with Crippen LogP contribution < -0.4 is 5.32 Å². The summed E-state index contributed by atoms with van der Waals surface area (Å²) in [6, 6.07) is 0.370. The number of hydrogen-bond acceptors (Lipinski definition) is 3. The Morgan fingerprint density at radius 3 is 2.58 bits per heavy atom. The highest BCUT2D eigenvalue weighted by atomic mass is 16.3. The lowest BCUT2D eigenvalue weighted by atomic mass is 9.86. The molecule has 2 aliphatic rings. The third kappa shape index (κ3) is 4.46. The predicted molar refractivity (Wildman–Crippen MR) is 75.9 cm³/mol. The summed E-state index contributed by atoms with van der Waals surface area (Å²) in [6.45, 7) is 6.25. The first-order valence-corrected chi connectivity index (χ1v) is 7.70. The Morgan fingerprint density at radius 2 is 1.95 bits per heavy atom. The van der Waals surface area contributed by atoms with Gasteiger partial charge in [-0.3, -0.25) is 9.69 Å². The topological polar surface area (TPSA) is 52.6 Å². The minimum absolute atomic E-state index is 0.153. The molecule has 0 aromatic carbocycles. The Balaban J connectivity index is 1.72. The van der Waals surface area contributed by atoms with Crippen LogP contribution in [0, 0.1) is 5.92 Å². The maximum atomic E-state index is 12.1. The van der Waals surface area contributed by atoms with Crippen molar-refractivity contribution >= 4 is 5.91 Å². The summed E-state index contributed by atoms with van der Waals surface area (Å²) in [4.78, 5) is 14.2. The molecule has 19 heavy (non-hydrogen) atoms. The largest absolute Gasteiger partial charge is 0.390 e. The van der Waals surface area contributed by atoms with Gasteiger partial charge in [-0.1, -0.05) is 19.8 Å². The van der Waals surface area contributed by atoms with Crippen molar-refractivity contribution in [3.05, 3.63) is 0 Å². The Bertz CT molecular complexity index is 307. The first-order chi connectivity index (χ1) is 8.96. The van der Waals surface area contributed by atoms with Gasteiger partial charge in [0.1, 0.15) is 0 Å². The minimum Gasteiger partial charge on any atom is -0.390 e. The van der Waals surface area contributed by atoms with Crippen LogP contribution in [0.2, 0.25) is 0 Å². The van der Waals surface area contributed by atoms with Gasteiger partial charge < -0.3 is 10.4 Å². The fraction of sp³-hybridized carbons (Fsp3) is 0.933. The molecule has 1 heterocycles. The lowest BCUT2D eigenvalue weighted by Crippen LogP contribution is -2.49. The highest BCUT2D eigenvalue weighted by Crippen LogP contribution is 2.24. The average Bonchev–Trinajstić information content (AvgIpc) is 2.35. The second kappa shape index (κ2) is 6.23. The van der Waals surface area contributed by atoms with E-state index in [-0.39, 0.29) is 5.91 Å². The Hall–Kier alpha value is -0.610. The first-order valence-electron chi connectivity index (χ1n) is 7.70. The second-order valence-electron chi connectivity index (χ2n) is 6.71. The summed E-state index contributed by atoms with van der Waals surface area (Å²) in [6.07, 6.45) is 6.43. The van der Waals surface area contributed by atoms with Gasteiger partial charge in [-0.25, -0.2) is 0 Å². The molecule has 0 bridgehead atoms. The number of hydrogen-bond donors (Lipinski definition) is 2. The molecule has 0 aromatic heterocycles. The van der Waals surface area contributed by atoms with Crippen LogP contribution in [0.3, 0.4) is 0 Å². The predicted octanol–water partition coefficient (Wildman–Crippen LogP) is 1.53. The third-order valence-corrected chi connectivity index (χ3v) is 4.76. The maximum Gasteiger partial charge on any atom is 0.234 e. The van der Waals surface area contributed by atoms with E-state index < -0.39 is 5.60 Å². The van der Waals surface area contributed by atoms with Gasteiger partial charge >= 0.3 is 0 Å². The van der Waals surface area contributed by atoms with Gasteiger partial charge in [0.25, 0.3) is 0 Å². The van der Waals surface area contributed by atoms with Crippen molar-refractivity contribution in [2.45, 2.75) is 64.0 Å². The number of carbonyl (C=O) groups excluding carboxylic acids is 1. The van der Waals surface area contributed by atoms with E-state index in [0.717, 1.165) is 32.4 Å². The molecule has 1 amide bonds. The summed E-state index contributed by atoms with van der Waals surface area (Å²) in [7, 11) is 0. The first kappa shape index (κ1) is 14.8. The number of nitrogens with one attached hydrogen (secondary N) is 1. The van der Waals surface area contributed by atoms with Crippen LogP contribution in [0.15, 0.2) is 0 Å². The van der Waals surface area contributed by atoms with Crippen LogP contribution in [0.5, 0.6) is 0 Å². The van der Waals surface area contributed by atoms with Gasteiger partial charge in [-0.05, 0) is 38.5 Å². The highest BCUT2D eigenvalue weighted by Gasteiger charge is 2.29. The molecule has 4 heteroatoms. The molecule has 1 saturated carbocycles. The molecule has 4 nitrogen and oxygen atoms in total. The van der Waals surface area contributed by atoms with Crippen LogP contribution in [-0.2, 0) is 4.79 Å². The molecule has 110 valence electrons. The Kier molecular flexibility index (Phi) is 4.85. The molecular formula is C15H28N2O2. The van der Waals surface area contributed by atoms with Crippen LogP contribution >= 0.6 is 0 Å². The second-order valence-corrected chi connectivity index (χ2v) is 6.71. The van der Waals surface area contributed by atoms with Crippen molar-refractivity contribution in [1.82, 2.24) is 10.2 Å². The molecular weight excluding hydrogens is 240 g/mol. The Morgan fingerprint density at radius 1 is 1.32 bits per heavy atom. The quantitative estimate of drug-likeness (QED) is 0.816. The summed E-state index contributed by atoms with van der Waals surface area (Å²) in [5.41, 5.74) is -0.537. The zero-order valence-corrected chi connectivity index (χ0v) is 12.3.